The van der Waals surface area contributed by atoms with Gasteiger partial charge in [-0.1, -0.05) is 19.9 Å². The van der Waals surface area contributed by atoms with Crippen LogP contribution in [0.15, 0.2) is 18.3 Å². The van der Waals surface area contributed by atoms with Crippen LogP contribution in [0.5, 0.6) is 0 Å². The first kappa shape index (κ1) is 30.6. The largest absolute Gasteiger partial charge is 0.480 e. The van der Waals surface area contributed by atoms with Crippen LogP contribution in [0.3, 0.4) is 0 Å². The number of hydrogen-bond donors (Lipinski definition) is 4. The molecule has 0 saturated carbocycles. The van der Waals surface area contributed by atoms with Gasteiger partial charge in [-0.15, -0.1) is 0 Å². The third kappa shape index (κ3) is 11.2. The number of carboxylic acid groups (broad SMARTS) is 1. The minimum atomic E-state index is -0.813. The van der Waals surface area contributed by atoms with Crippen LogP contribution in [0.4, 0.5) is 0 Å². The third-order valence-corrected chi connectivity index (χ3v) is 6.40. The number of ether oxygens (including phenoxy) is 3. The molecule has 4 N–H and O–H groups in total. The Labute approximate surface area is 216 Å². The van der Waals surface area contributed by atoms with Crippen molar-refractivity contribution in [3.8, 4) is 0 Å². The molecule has 10 heteroatoms. The molecule has 0 amide bonds. The molecule has 1 saturated heterocycles. The van der Waals surface area contributed by atoms with Crippen molar-refractivity contribution in [3.05, 3.63) is 29.6 Å². The lowest BCUT2D eigenvalue weighted by atomic mass is 9.86. The molecular formula is C26H47N5O5. The van der Waals surface area contributed by atoms with E-state index < -0.39 is 12.0 Å². The maximum absolute atomic E-state index is 11.7. The van der Waals surface area contributed by atoms with E-state index in [0.717, 1.165) is 44.0 Å². The Morgan fingerprint density at radius 1 is 1.08 bits per heavy atom. The first-order valence-electron chi connectivity index (χ1n) is 13.2. The first-order valence-corrected chi connectivity index (χ1v) is 13.2. The molecule has 1 fully saturated rings. The number of nitrogens with zero attached hydrogens (tertiary/aromatic N) is 2. The molecule has 0 aliphatic carbocycles. The van der Waals surface area contributed by atoms with Gasteiger partial charge in [0.1, 0.15) is 6.04 Å². The van der Waals surface area contributed by atoms with Crippen LogP contribution in [0.2, 0.25) is 0 Å². The zero-order valence-corrected chi connectivity index (χ0v) is 22.6. The highest BCUT2D eigenvalue weighted by molar-refractivity contribution is 5.72. The van der Waals surface area contributed by atoms with Crippen molar-refractivity contribution in [3.63, 3.8) is 0 Å². The number of aromatic nitrogens is 1. The fourth-order valence-electron chi connectivity index (χ4n) is 3.99. The van der Waals surface area contributed by atoms with E-state index in [2.05, 4.69) is 35.9 Å². The van der Waals surface area contributed by atoms with Gasteiger partial charge >= 0.3 is 5.97 Å². The Morgan fingerprint density at radius 3 is 2.42 bits per heavy atom. The highest BCUT2D eigenvalue weighted by atomic mass is 16.5. The standard InChI is InChI=1S/C26H47N5O5/c1-5-34-14-15-35-16-17-36-20-26(3,4)22-6-7-23(30-18-22)24-19-31(21(2)25(32)33)13-12-28-9-8-27-10-11-29-24/h6-7,18,21,24,27-29H,5,8-17,19-20H2,1-4H3,(H,32,33). The number of carboxylic acids is 1. The third-order valence-electron chi connectivity index (χ3n) is 6.40. The maximum Gasteiger partial charge on any atom is 0.320 e. The highest BCUT2D eigenvalue weighted by Gasteiger charge is 2.26. The summed E-state index contributed by atoms with van der Waals surface area (Å²) in [5, 5.41) is 20.0. The van der Waals surface area contributed by atoms with Crippen molar-refractivity contribution in [2.24, 2.45) is 0 Å². The molecular weight excluding hydrogens is 462 g/mol. The van der Waals surface area contributed by atoms with Crippen LogP contribution in [-0.4, -0.2) is 112 Å². The molecule has 1 aliphatic rings. The minimum absolute atomic E-state index is 0.0738. The van der Waals surface area contributed by atoms with E-state index in [0.29, 0.717) is 52.7 Å². The molecule has 2 unspecified atom stereocenters. The predicted octanol–water partition coefficient (Wildman–Crippen LogP) is 1.03. The maximum atomic E-state index is 11.7. The molecule has 206 valence electrons. The van der Waals surface area contributed by atoms with E-state index in [1.807, 2.05) is 24.1 Å². The van der Waals surface area contributed by atoms with E-state index in [9.17, 15) is 9.90 Å². The molecule has 0 spiro atoms. The number of rotatable bonds is 13. The van der Waals surface area contributed by atoms with E-state index in [4.69, 9.17) is 19.2 Å². The van der Waals surface area contributed by atoms with Crippen molar-refractivity contribution in [1.29, 1.82) is 0 Å². The van der Waals surface area contributed by atoms with Gasteiger partial charge in [-0.2, -0.15) is 0 Å². The molecule has 0 radical (unpaired) electrons. The second-order valence-corrected chi connectivity index (χ2v) is 9.73. The van der Waals surface area contributed by atoms with Gasteiger partial charge < -0.3 is 35.3 Å². The summed E-state index contributed by atoms with van der Waals surface area (Å²) >= 11 is 0. The van der Waals surface area contributed by atoms with E-state index in [1.54, 1.807) is 6.92 Å². The fourth-order valence-corrected chi connectivity index (χ4v) is 3.99. The van der Waals surface area contributed by atoms with Gasteiger partial charge in [-0.25, -0.2) is 0 Å². The monoisotopic (exact) mass is 509 g/mol. The van der Waals surface area contributed by atoms with Crippen LogP contribution in [-0.2, 0) is 24.4 Å². The summed E-state index contributed by atoms with van der Waals surface area (Å²) in [4.78, 5) is 18.5. The number of carbonyl (C=O) groups is 1. The zero-order chi connectivity index (χ0) is 26.2. The average molecular weight is 510 g/mol. The molecule has 36 heavy (non-hydrogen) atoms. The molecule has 1 aromatic heterocycles. The molecule has 2 heterocycles. The van der Waals surface area contributed by atoms with Gasteiger partial charge in [-0.3, -0.25) is 14.7 Å². The van der Waals surface area contributed by atoms with Gasteiger partial charge in [0, 0.05) is 64.0 Å². The highest BCUT2D eigenvalue weighted by Crippen LogP contribution is 2.24. The Hall–Kier alpha value is -1.66. The Bertz CT molecular complexity index is 734. The summed E-state index contributed by atoms with van der Waals surface area (Å²) < 4.78 is 16.6. The summed E-state index contributed by atoms with van der Waals surface area (Å²) in [6.07, 6.45) is 1.92. The lowest BCUT2D eigenvalue weighted by molar-refractivity contribution is -0.142. The summed E-state index contributed by atoms with van der Waals surface area (Å²) in [7, 11) is 0. The fraction of sp³-hybridized carbons (Fsp3) is 0.769. The number of nitrogens with one attached hydrogen (secondary N) is 3. The predicted molar refractivity (Wildman–Crippen MR) is 141 cm³/mol. The summed E-state index contributed by atoms with van der Waals surface area (Å²) in [6, 6.07) is 3.51. The van der Waals surface area contributed by atoms with Crippen LogP contribution >= 0.6 is 0 Å². The summed E-state index contributed by atoms with van der Waals surface area (Å²) in [6.45, 7) is 16.8. The lowest BCUT2D eigenvalue weighted by Crippen LogP contribution is -2.48. The van der Waals surface area contributed by atoms with E-state index in [1.165, 1.54) is 0 Å². The van der Waals surface area contributed by atoms with Crippen molar-refractivity contribution in [2.45, 2.75) is 45.2 Å². The normalized spacial score (nSPS) is 19.8. The van der Waals surface area contributed by atoms with Gasteiger partial charge in [0.15, 0.2) is 0 Å². The molecule has 1 aromatic rings. The van der Waals surface area contributed by atoms with Crippen LogP contribution in [0, 0.1) is 0 Å². The van der Waals surface area contributed by atoms with Crippen molar-refractivity contribution >= 4 is 5.97 Å². The molecule has 1 aliphatic heterocycles. The second-order valence-electron chi connectivity index (χ2n) is 9.73. The summed E-state index contributed by atoms with van der Waals surface area (Å²) in [5.74, 6) is -0.813. The molecule has 2 atom stereocenters. The van der Waals surface area contributed by atoms with Gasteiger partial charge in [0.05, 0.1) is 44.8 Å². The Morgan fingerprint density at radius 2 is 1.75 bits per heavy atom. The Kier molecular flexibility index (Phi) is 14.4. The number of hydrogen-bond acceptors (Lipinski definition) is 9. The van der Waals surface area contributed by atoms with E-state index in [-0.39, 0.29) is 11.5 Å². The topological polar surface area (TPSA) is 117 Å². The molecule has 0 aromatic carbocycles. The van der Waals surface area contributed by atoms with Crippen molar-refractivity contribution in [1.82, 2.24) is 25.8 Å². The first-order chi connectivity index (χ1) is 17.3. The lowest BCUT2D eigenvalue weighted by Gasteiger charge is -2.32. The zero-order valence-electron chi connectivity index (χ0n) is 22.6. The van der Waals surface area contributed by atoms with Crippen molar-refractivity contribution < 1.29 is 24.1 Å². The SMILES string of the molecule is CCOCCOCCOCC(C)(C)c1ccc(C2CN(C(C)C(=O)O)CCNCCNCCN2)nc1. The second kappa shape index (κ2) is 17.0. The molecule has 10 nitrogen and oxygen atoms in total. The smallest absolute Gasteiger partial charge is 0.320 e. The summed E-state index contributed by atoms with van der Waals surface area (Å²) in [5.41, 5.74) is 1.81. The minimum Gasteiger partial charge on any atom is -0.480 e. The quantitative estimate of drug-likeness (QED) is 0.287. The van der Waals surface area contributed by atoms with Crippen LogP contribution in [0.1, 0.15) is 45.0 Å². The van der Waals surface area contributed by atoms with Crippen molar-refractivity contribution in [2.75, 3.05) is 85.5 Å². The number of pyridine rings is 1. The van der Waals surface area contributed by atoms with Gasteiger partial charge in [0.2, 0.25) is 0 Å². The molecule has 0 bridgehead atoms. The average Bonchev–Trinajstić information content (AvgIpc) is 2.85. The van der Waals surface area contributed by atoms with E-state index >= 15 is 0 Å². The van der Waals surface area contributed by atoms with Crippen LogP contribution < -0.4 is 16.0 Å². The number of aliphatic carboxylic acids is 1. The Balaban J connectivity index is 1.98. The van der Waals surface area contributed by atoms with Gasteiger partial charge in [0.25, 0.3) is 0 Å². The van der Waals surface area contributed by atoms with Crippen LogP contribution in [0.25, 0.3) is 0 Å². The molecule has 2 rings (SSSR count). The van der Waals surface area contributed by atoms with Gasteiger partial charge in [-0.05, 0) is 25.5 Å².